The highest BCUT2D eigenvalue weighted by molar-refractivity contribution is 7.91. The van der Waals surface area contributed by atoms with Crippen molar-refractivity contribution in [1.82, 2.24) is 10.3 Å². The summed E-state index contributed by atoms with van der Waals surface area (Å²) in [6.07, 6.45) is 3.42. The predicted octanol–water partition coefficient (Wildman–Crippen LogP) is 2.49. The predicted molar refractivity (Wildman–Crippen MR) is 99.2 cm³/mol. The van der Waals surface area contributed by atoms with Crippen molar-refractivity contribution in [3.05, 3.63) is 48.3 Å². The number of amides is 1. The van der Waals surface area contributed by atoms with Gasteiger partial charge in [0.15, 0.2) is 21.3 Å². The molecule has 0 fully saturated rings. The molecule has 1 aliphatic heterocycles. The molecule has 8 heteroatoms. The van der Waals surface area contributed by atoms with Crippen molar-refractivity contribution in [3.8, 4) is 11.5 Å². The number of carbonyl (C=O) groups is 1. The van der Waals surface area contributed by atoms with Crippen molar-refractivity contribution >= 4 is 15.7 Å². The highest BCUT2D eigenvalue weighted by Gasteiger charge is 2.31. The number of pyridine rings is 1. The minimum atomic E-state index is -3.79. The molecular weight excluding hydrogens is 368 g/mol. The van der Waals surface area contributed by atoms with Gasteiger partial charge in [0.25, 0.3) is 0 Å². The molecule has 1 amide bonds. The molecule has 0 bridgehead atoms. The van der Waals surface area contributed by atoms with E-state index in [-0.39, 0.29) is 30.1 Å². The number of sulfone groups is 1. The van der Waals surface area contributed by atoms with E-state index in [9.17, 15) is 13.2 Å². The van der Waals surface area contributed by atoms with Gasteiger partial charge < -0.3 is 14.8 Å². The van der Waals surface area contributed by atoms with E-state index < -0.39 is 15.1 Å². The minimum Gasteiger partial charge on any atom is -0.454 e. The maximum absolute atomic E-state index is 13.3. The van der Waals surface area contributed by atoms with E-state index in [1.54, 1.807) is 24.4 Å². The fourth-order valence-electron chi connectivity index (χ4n) is 2.84. The SMILES string of the molecule is CC(C)CC(=O)NC[C@@H](c1cccnc1)S(=O)(=O)c1ccc2c(c1)OCO2. The number of nitrogens with one attached hydrogen (secondary N) is 1. The quantitative estimate of drug-likeness (QED) is 0.781. The average Bonchev–Trinajstić information content (AvgIpc) is 3.09. The highest BCUT2D eigenvalue weighted by atomic mass is 32.2. The van der Waals surface area contributed by atoms with Gasteiger partial charge in [-0.25, -0.2) is 8.42 Å². The molecule has 2 heterocycles. The third-order valence-electron chi connectivity index (χ3n) is 4.18. The summed E-state index contributed by atoms with van der Waals surface area (Å²) in [5.74, 6) is 0.911. The second-order valence-electron chi connectivity index (χ2n) is 6.74. The molecule has 1 aliphatic rings. The first-order chi connectivity index (χ1) is 12.9. The van der Waals surface area contributed by atoms with Crippen LogP contribution in [-0.2, 0) is 14.6 Å². The van der Waals surface area contributed by atoms with Gasteiger partial charge in [0.05, 0.1) is 4.90 Å². The lowest BCUT2D eigenvalue weighted by atomic mass is 10.1. The number of nitrogens with zero attached hydrogens (tertiary/aromatic N) is 1. The number of hydrogen-bond donors (Lipinski definition) is 1. The Morgan fingerprint density at radius 1 is 1.22 bits per heavy atom. The van der Waals surface area contributed by atoms with Gasteiger partial charge in [-0.15, -0.1) is 0 Å². The molecular formula is C19H22N2O5S. The molecule has 1 aromatic carbocycles. The zero-order chi connectivity index (χ0) is 19.4. The van der Waals surface area contributed by atoms with Gasteiger partial charge in [0.2, 0.25) is 12.7 Å². The molecule has 0 spiro atoms. The number of fused-ring (bicyclic) bond motifs is 1. The van der Waals surface area contributed by atoms with Gasteiger partial charge in [-0.05, 0) is 29.7 Å². The van der Waals surface area contributed by atoms with E-state index in [0.717, 1.165) is 0 Å². The molecule has 0 radical (unpaired) electrons. The topological polar surface area (TPSA) is 94.6 Å². The van der Waals surface area contributed by atoms with Gasteiger partial charge in [-0.1, -0.05) is 19.9 Å². The molecule has 3 rings (SSSR count). The Morgan fingerprint density at radius 3 is 2.70 bits per heavy atom. The summed E-state index contributed by atoms with van der Waals surface area (Å²) >= 11 is 0. The zero-order valence-electron chi connectivity index (χ0n) is 15.2. The molecule has 0 saturated heterocycles. The van der Waals surface area contributed by atoms with Gasteiger partial charge in [-0.3, -0.25) is 9.78 Å². The van der Waals surface area contributed by atoms with E-state index in [1.165, 1.54) is 18.3 Å². The number of rotatable bonds is 7. The molecule has 0 saturated carbocycles. The van der Waals surface area contributed by atoms with Crippen LogP contribution in [0.2, 0.25) is 0 Å². The number of aromatic nitrogens is 1. The molecule has 1 aromatic heterocycles. The largest absolute Gasteiger partial charge is 0.454 e. The van der Waals surface area contributed by atoms with Gasteiger partial charge in [-0.2, -0.15) is 0 Å². The second-order valence-corrected chi connectivity index (χ2v) is 8.87. The Morgan fingerprint density at radius 2 is 2.00 bits per heavy atom. The Balaban J connectivity index is 1.90. The third kappa shape index (κ3) is 4.39. The monoisotopic (exact) mass is 390 g/mol. The lowest BCUT2D eigenvalue weighted by molar-refractivity contribution is -0.121. The minimum absolute atomic E-state index is 0.0337. The molecule has 144 valence electrons. The number of benzene rings is 1. The summed E-state index contributed by atoms with van der Waals surface area (Å²) in [4.78, 5) is 16.2. The average molecular weight is 390 g/mol. The maximum Gasteiger partial charge on any atom is 0.231 e. The van der Waals surface area contributed by atoms with Gasteiger partial charge in [0.1, 0.15) is 5.25 Å². The van der Waals surface area contributed by atoms with Crippen molar-refractivity contribution in [2.45, 2.75) is 30.4 Å². The number of hydrogen-bond acceptors (Lipinski definition) is 6. The summed E-state index contributed by atoms with van der Waals surface area (Å²) < 4.78 is 37.1. The lowest BCUT2D eigenvalue weighted by Crippen LogP contribution is -2.32. The van der Waals surface area contributed by atoms with E-state index in [0.29, 0.717) is 23.5 Å². The van der Waals surface area contributed by atoms with Gasteiger partial charge >= 0.3 is 0 Å². The summed E-state index contributed by atoms with van der Waals surface area (Å²) in [6, 6.07) is 7.89. The first-order valence-corrected chi connectivity index (χ1v) is 10.2. The molecule has 1 atom stereocenters. The van der Waals surface area contributed by atoms with E-state index >= 15 is 0 Å². The standard InChI is InChI=1S/C19H22N2O5S/c1-13(2)8-19(22)21-11-18(14-4-3-7-20-10-14)27(23,24)15-5-6-16-17(9-15)26-12-25-16/h3-7,9-10,13,18H,8,11-12H2,1-2H3,(H,21,22)/t18-/m0/s1. The summed E-state index contributed by atoms with van der Waals surface area (Å²) in [6.45, 7) is 3.90. The van der Waals surface area contributed by atoms with Crippen molar-refractivity contribution in [3.63, 3.8) is 0 Å². The Hall–Kier alpha value is -2.61. The van der Waals surface area contributed by atoms with E-state index in [4.69, 9.17) is 9.47 Å². The lowest BCUT2D eigenvalue weighted by Gasteiger charge is -2.19. The van der Waals surface area contributed by atoms with Crippen LogP contribution in [0.4, 0.5) is 0 Å². The van der Waals surface area contributed by atoms with Crippen LogP contribution in [0.25, 0.3) is 0 Å². The van der Waals surface area contributed by atoms with Crippen LogP contribution < -0.4 is 14.8 Å². The molecule has 2 aromatic rings. The van der Waals surface area contributed by atoms with Crippen LogP contribution in [0, 0.1) is 5.92 Å². The van der Waals surface area contributed by atoms with Crippen LogP contribution in [0.1, 0.15) is 31.1 Å². The van der Waals surface area contributed by atoms with Crippen molar-refractivity contribution < 1.29 is 22.7 Å². The number of carbonyl (C=O) groups excluding carboxylic acids is 1. The number of ether oxygens (including phenoxy) is 2. The van der Waals surface area contributed by atoms with Crippen LogP contribution in [0.15, 0.2) is 47.6 Å². The van der Waals surface area contributed by atoms with Crippen LogP contribution >= 0.6 is 0 Å². The van der Waals surface area contributed by atoms with E-state index in [2.05, 4.69) is 10.3 Å². The van der Waals surface area contributed by atoms with Crippen LogP contribution in [-0.4, -0.2) is 32.6 Å². The molecule has 27 heavy (non-hydrogen) atoms. The second kappa shape index (κ2) is 7.96. The first-order valence-electron chi connectivity index (χ1n) is 8.68. The molecule has 7 nitrogen and oxygen atoms in total. The highest BCUT2D eigenvalue weighted by Crippen LogP contribution is 2.37. The van der Waals surface area contributed by atoms with Crippen molar-refractivity contribution in [2.75, 3.05) is 13.3 Å². The molecule has 0 unspecified atom stereocenters. The van der Waals surface area contributed by atoms with Crippen molar-refractivity contribution in [1.29, 1.82) is 0 Å². The van der Waals surface area contributed by atoms with E-state index in [1.807, 2.05) is 13.8 Å². The summed E-state index contributed by atoms with van der Waals surface area (Å²) in [7, 11) is -3.79. The van der Waals surface area contributed by atoms with Crippen molar-refractivity contribution in [2.24, 2.45) is 5.92 Å². The Labute approximate surface area is 158 Å². The van der Waals surface area contributed by atoms with Crippen LogP contribution in [0.5, 0.6) is 11.5 Å². The zero-order valence-corrected chi connectivity index (χ0v) is 16.0. The maximum atomic E-state index is 13.3. The Bertz CT molecular complexity index is 913. The molecule has 0 aliphatic carbocycles. The fraction of sp³-hybridized carbons (Fsp3) is 0.368. The first kappa shape index (κ1) is 19.2. The Kier molecular flexibility index (Phi) is 5.65. The third-order valence-corrected chi connectivity index (χ3v) is 6.28. The summed E-state index contributed by atoms with van der Waals surface area (Å²) in [5.41, 5.74) is 0.514. The fourth-order valence-corrected chi connectivity index (χ4v) is 4.50. The molecule has 1 N–H and O–H groups in total. The summed E-state index contributed by atoms with van der Waals surface area (Å²) in [5, 5.41) is 1.78. The smallest absolute Gasteiger partial charge is 0.231 e. The van der Waals surface area contributed by atoms with Gasteiger partial charge in [0, 0.05) is 31.4 Å². The normalized spacial score (nSPS) is 14.2. The van der Waals surface area contributed by atoms with Crippen LogP contribution in [0.3, 0.4) is 0 Å².